The number of carbonyl (C=O) groups excluding carboxylic acids is 3. The number of Topliss-reactive ketones (excluding diaryl/α,β-unsaturated/α-hetero) is 1. The zero-order chi connectivity index (χ0) is 25.4. The van der Waals surface area contributed by atoms with Gasteiger partial charge in [-0.1, -0.05) is 66.7 Å². The molecule has 2 amide bonds. The van der Waals surface area contributed by atoms with Gasteiger partial charge in [-0.3, -0.25) is 24.5 Å². The highest BCUT2D eigenvalue weighted by atomic mass is 16.6. The number of anilines is 1. The Hall–Kier alpha value is -4.39. The monoisotopic (exact) mass is 478 g/mol. The van der Waals surface area contributed by atoms with Crippen LogP contribution in [0.3, 0.4) is 0 Å². The number of carbonyl (C=O) groups is 3. The minimum Gasteiger partial charge on any atom is -0.298 e. The number of allylic oxidation sites excluding steroid dienone is 2. The summed E-state index contributed by atoms with van der Waals surface area (Å²) in [6, 6.07) is 24.6. The third kappa shape index (κ3) is 2.54. The number of non-ortho nitro benzene ring substituents is 1. The van der Waals surface area contributed by atoms with E-state index in [2.05, 4.69) is 0 Å². The van der Waals surface area contributed by atoms with Crippen molar-refractivity contribution >= 4 is 40.1 Å². The average molecular weight is 479 g/mol. The van der Waals surface area contributed by atoms with Crippen molar-refractivity contribution in [3.63, 3.8) is 0 Å². The Bertz CT molecular complexity index is 1430. The van der Waals surface area contributed by atoms with Crippen molar-refractivity contribution < 1.29 is 19.3 Å². The Labute approximate surface area is 207 Å². The van der Waals surface area contributed by atoms with Crippen LogP contribution in [0.5, 0.6) is 0 Å². The van der Waals surface area contributed by atoms with E-state index >= 15 is 0 Å². The van der Waals surface area contributed by atoms with E-state index in [9.17, 15) is 24.5 Å². The molecular formula is C29H22N2O5. The van der Waals surface area contributed by atoms with Gasteiger partial charge in [0.2, 0.25) is 11.8 Å². The summed E-state index contributed by atoms with van der Waals surface area (Å²) < 4.78 is 0. The van der Waals surface area contributed by atoms with Gasteiger partial charge in [0, 0.05) is 12.1 Å². The van der Waals surface area contributed by atoms with Gasteiger partial charge < -0.3 is 0 Å². The lowest BCUT2D eigenvalue weighted by atomic mass is 9.63. The molecule has 0 unspecified atom stereocenters. The predicted octanol–water partition coefficient (Wildman–Crippen LogP) is 4.92. The van der Waals surface area contributed by atoms with Crippen LogP contribution in [0.4, 0.5) is 11.4 Å². The Morgan fingerprint density at radius 2 is 1.19 bits per heavy atom. The first-order valence-electron chi connectivity index (χ1n) is 11.8. The lowest BCUT2D eigenvalue weighted by Gasteiger charge is -2.35. The highest BCUT2D eigenvalue weighted by Crippen LogP contribution is 2.73. The first kappa shape index (κ1) is 22.1. The molecular weight excluding hydrogens is 456 g/mol. The quantitative estimate of drug-likeness (QED) is 0.301. The largest absolute Gasteiger partial charge is 0.298 e. The first-order valence-corrected chi connectivity index (χ1v) is 11.8. The normalized spacial score (nSPS) is 28.7. The predicted molar refractivity (Wildman–Crippen MR) is 133 cm³/mol. The fraction of sp³-hybridized carbons (Fsp3) is 0.207. The van der Waals surface area contributed by atoms with Crippen molar-refractivity contribution in [3.8, 4) is 0 Å². The second-order valence-corrected chi connectivity index (χ2v) is 9.96. The summed E-state index contributed by atoms with van der Waals surface area (Å²) in [7, 11) is 0. The molecule has 3 aromatic carbocycles. The molecule has 1 heterocycles. The lowest BCUT2D eigenvalue weighted by Crippen LogP contribution is -2.40. The van der Waals surface area contributed by atoms with Crippen molar-refractivity contribution in [1.82, 2.24) is 0 Å². The number of hydrogen-bond acceptors (Lipinski definition) is 5. The number of nitro benzene ring substituents is 1. The first-order chi connectivity index (χ1) is 17.2. The number of nitro groups is 1. The van der Waals surface area contributed by atoms with Gasteiger partial charge in [-0.25, -0.2) is 4.90 Å². The molecule has 1 saturated carbocycles. The second kappa shape index (κ2) is 7.31. The SMILES string of the molecule is C[C@]12C(=O)[C@](C)(C(c3ccccc3)=C1c1ccccc1)[C@@H]1C(=O)N(c3cccc([N+](=O)[O-])c3)C(=O)[C@H]12. The maximum atomic E-state index is 14.2. The molecule has 7 heteroatoms. The molecule has 1 aliphatic heterocycles. The molecule has 36 heavy (non-hydrogen) atoms. The number of imide groups is 1. The van der Waals surface area contributed by atoms with Crippen LogP contribution >= 0.6 is 0 Å². The molecule has 0 spiro atoms. The Morgan fingerprint density at radius 3 is 1.64 bits per heavy atom. The number of amides is 2. The maximum Gasteiger partial charge on any atom is 0.271 e. The van der Waals surface area contributed by atoms with Gasteiger partial charge in [0.25, 0.3) is 5.69 Å². The van der Waals surface area contributed by atoms with Gasteiger partial charge in [-0.05, 0) is 42.2 Å². The van der Waals surface area contributed by atoms with E-state index < -0.39 is 39.4 Å². The highest BCUT2D eigenvalue weighted by Gasteiger charge is 2.78. The number of rotatable bonds is 4. The number of ketones is 1. The topological polar surface area (TPSA) is 97.6 Å². The molecule has 3 aromatic rings. The summed E-state index contributed by atoms with van der Waals surface area (Å²) >= 11 is 0. The summed E-state index contributed by atoms with van der Waals surface area (Å²) in [6.07, 6.45) is 0. The molecule has 0 aromatic heterocycles. The molecule has 2 fully saturated rings. The van der Waals surface area contributed by atoms with E-state index in [0.717, 1.165) is 27.2 Å². The fourth-order valence-corrected chi connectivity index (χ4v) is 6.81. The molecule has 7 nitrogen and oxygen atoms in total. The van der Waals surface area contributed by atoms with Crippen LogP contribution in [-0.4, -0.2) is 22.5 Å². The molecule has 2 bridgehead atoms. The molecule has 1 saturated heterocycles. The zero-order valence-electron chi connectivity index (χ0n) is 19.7. The molecule has 2 aliphatic carbocycles. The van der Waals surface area contributed by atoms with Crippen molar-refractivity contribution in [1.29, 1.82) is 0 Å². The zero-order valence-corrected chi connectivity index (χ0v) is 19.7. The van der Waals surface area contributed by atoms with Crippen molar-refractivity contribution in [3.05, 3.63) is 106 Å². The molecule has 0 radical (unpaired) electrons. The van der Waals surface area contributed by atoms with Crippen LogP contribution in [-0.2, 0) is 14.4 Å². The van der Waals surface area contributed by atoms with Crippen LogP contribution < -0.4 is 4.90 Å². The van der Waals surface area contributed by atoms with Crippen molar-refractivity contribution in [2.24, 2.45) is 22.7 Å². The van der Waals surface area contributed by atoms with Gasteiger partial charge >= 0.3 is 0 Å². The van der Waals surface area contributed by atoms with Crippen LogP contribution in [0, 0.1) is 32.8 Å². The fourth-order valence-electron chi connectivity index (χ4n) is 6.81. The molecule has 3 aliphatic rings. The number of fused-ring (bicyclic) bond motifs is 5. The van der Waals surface area contributed by atoms with Gasteiger partial charge in [-0.2, -0.15) is 0 Å². The Kier molecular flexibility index (Phi) is 4.48. The smallest absolute Gasteiger partial charge is 0.271 e. The summed E-state index contributed by atoms with van der Waals surface area (Å²) in [5.41, 5.74) is 0.689. The van der Waals surface area contributed by atoms with Gasteiger partial charge in [-0.15, -0.1) is 0 Å². The Morgan fingerprint density at radius 1 is 0.722 bits per heavy atom. The van der Waals surface area contributed by atoms with E-state index in [1.165, 1.54) is 24.3 Å². The standard InChI is InChI=1S/C29H22N2O5/c1-28-21(17-10-5-3-6-11-17)22(18-12-7-4-8-13-18)29(2,27(28)34)24-23(28)25(32)30(26(24)33)19-14-9-15-20(16-19)31(35)36/h3-16,23-24H,1-2H3/t23-,24-,28-,29+/m0/s1. The van der Waals surface area contributed by atoms with E-state index in [1.807, 2.05) is 60.7 Å². The Balaban J connectivity index is 1.60. The van der Waals surface area contributed by atoms with E-state index in [-0.39, 0.29) is 17.2 Å². The van der Waals surface area contributed by atoms with Crippen molar-refractivity contribution in [2.45, 2.75) is 13.8 Å². The third-order valence-corrected chi connectivity index (χ3v) is 8.21. The van der Waals surface area contributed by atoms with E-state index in [0.29, 0.717) is 0 Å². The minimum absolute atomic E-state index is 0.136. The summed E-state index contributed by atoms with van der Waals surface area (Å²) in [5, 5.41) is 11.4. The summed E-state index contributed by atoms with van der Waals surface area (Å²) in [5.74, 6) is -2.92. The molecule has 0 N–H and O–H groups in total. The molecule has 4 atom stereocenters. The summed E-state index contributed by atoms with van der Waals surface area (Å²) in [6.45, 7) is 3.55. The van der Waals surface area contributed by atoms with Crippen molar-refractivity contribution in [2.75, 3.05) is 4.90 Å². The lowest BCUT2D eigenvalue weighted by molar-refractivity contribution is -0.384. The minimum atomic E-state index is -1.23. The van der Waals surface area contributed by atoms with E-state index in [1.54, 1.807) is 13.8 Å². The van der Waals surface area contributed by atoms with Crippen LogP contribution in [0.15, 0.2) is 84.9 Å². The number of nitrogens with zero attached hydrogens (tertiary/aromatic N) is 2. The molecule has 178 valence electrons. The van der Waals surface area contributed by atoms with Gasteiger partial charge in [0.1, 0.15) is 0 Å². The van der Waals surface area contributed by atoms with Crippen LogP contribution in [0.25, 0.3) is 11.1 Å². The third-order valence-electron chi connectivity index (χ3n) is 8.21. The highest BCUT2D eigenvalue weighted by molar-refractivity contribution is 6.34. The molecule has 6 rings (SSSR count). The van der Waals surface area contributed by atoms with Gasteiger partial charge in [0.15, 0.2) is 5.78 Å². The average Bonchev–Trinajstić information content (AvgIpc) is 3.34. The van der Waals surface area contributed by atoms with Crippen LogP contribution in [0.2, 0.25) is 0 Å². The maximum absolute atomic E-state index is 14.2. The van der Waals surface area contributed by atoms with E-state index in [4.69, 9.17) is 0 Å². The summed E-state index contributed by atoms with van der Waals surface area (Å²) in [4.78, 5) is 53.9. The van der Waals surface area contributed by atoms with Gasteiger partial charge in [0.05, 0.1) is 33.3 Å². The second-order valence-electron chi connectivity index (χ2n) is 9.96. The van der Waals surface area contributed by atoms with Crippen LogP contribution in [0.1, 0.15) is 25.0 Å². The number of benzene rings is 3. The number of hydrogen-bond donors (Lipinski definition) is 0.